The largest absolute Gasteiger partial charge is 0.351 e. The third kappa shape index (κ3) is 3.43. The molecule has 0 amide bonds. The van der Waals surface area contributed by atoms with Crippen molar-refractivity contribution in [3.05, 3.63) is 0 Å². The van der Waals surface area contributed by atoms with E-state index in [1.54, 1.807) is 6.92 Å². The zero-order valence-corrected chi connectivity index (χ0v) is 6.39. The number of unbranched alkanes of at least 4 members (excludes halogenated alkanes) is 1. The zero-order valence-electron chi connectivity index (χ0n) is 6.39. The first-order chi connectivity index (χ1) is 4.72. The minimum atomic E-state index is -0.756. The smallest absolute Gasteiger partial charge is 0.255 e. The lowest BCUT2D eigenvalue weighted by atomic mass is 10.1. The number of hydrogen-bond donors (Lipinski definition) is 0. The van der Waals surface area contributed by atoms with Crippen molar-refractivity contribution >= 4 is 5.97 Å². The first kappa shape index (κ1) is 9.40. The van der Waals surface area contributed by atoms with Crippen LogP contribution in [-0.4, -0.2) is 5.97 Å². The third-order valence-electron chi connectivity index (χ3n) is 1.47. The molecule has 0 fully saturated rings. The van der Waals surface area contributed by atoms with E-state index in [0.29, 0.717) is 6.42 Å². The Kier molecular flexibility index (Phi) is 4.89. The minimum absolute atomic E-state index is 0.301. The van der Waals surface area contributed by atoms with Gasteiger partial charge in [-0.15, -0.1) is 0 Å². The van der Waals surface area contributed by atoms with Gasteiger partial charge in [-0.25, -0.2) is 4.79 Å². The third-order valence-corrected chi connectivity index (χ3v) is 1.47. The molecule has 0 bridgehead atoms. The molecule has 60 valence electrons. The number of carbonyl (C=O) groups is 1. The summed E-state index contributed by atoms with van der Waals surface area (Å²) in [6.07, 6.45) is 2.67. The molecule has 0 aromatic heterocycles. The molecule has 0 aromatic carbocycles. The summed E-state index contributed by atoms with van der Waals surface area (Å²) in [5.74, 6) is -1.06. The summed E-state index contributed by atoms with van der Waals surface area (Å²) in [7, 11) is 0. The van der Waals surface area contributed by atoms with Crippen molar-refractivity contribution in [2.75, 3.05) is 0 Å². The predicted octanol–water partition coefficient (Wildman–Crippen LogP) is 2.24. The second kappa shape index (κ2) is 5.21. The van der Waals surface area contributed by atoms with Gasteiger partial charge in [0, 0.05) is 4.53 Å². The van der Waals surface area contributed by atoms with Gasteiger partial charge in [0.2, 0.25) is 0 Å². The summed E-state index contributed by atoms with van der Waals surface area (Å²) in [5.41, 5.74) is 0. The highest BCUT2D eigenvalue weighted by atomic mass is 19.3. The van der Waals surface area contributed by atoms with Gasteiger partial charge in [-0.05, 0) is 6.42 Å². The molecule has 0 aliphatic carbocycles. The standard InChI is InChI=1S/C7H13FO2/c1-3-4-5-6(2)7(9)10-8/h6H,3-5H2,1-2H3. The average Bonchev–Trinajstić information content (AvgIpc) is 1.98. The van der Waals surface area contributed by atoms with Crippen LogP contribution >= 0.6 is 0 Å². The molecule has 0 saturated heterocycles. The van der Waals surface area contributed by atoms with Crippen molar-refractivity contribution in [3.8, 4) is 0 Å². The molecule has 10 heavy (non-hydrogen) atoms. The summed E-state index contributed by atoms with van der Waals surface area (Å²) in [6, 6.07) is 0. The lowest BCUT2D eigenvalue weighted by Gasteiger charge is -2.03. The van der Waals surface area contributed by atoms with Gasteiger partial charge in [-0.2, -0.15) is 0 Å². The van der Waals surface area contributed by atoms with E-state index in [-0.39, 0.29) is 5.92 Å². The van der Waals surface area contributed by atoms with Crippen LogP contribution in [0.3, 0.4) is 0 Å². The second-order valence-electron chi connectivity index (χ2n) is 2.44. The van der Waals surface area contributed by atoms with Crippen molar-refractivity contribution < 1.29 is 14.3 Å². The Bertz CT molecular complexity index is 104. The molecule has 1 atom stereocenters. The average molecular weight is 148 g/mol. The predicted molar refractivity (Wildman–Crippen MR) is 35.9 cm³/mol. The summed E-state index contributed by atoms with van der Waals surface area (Å²) < 4.78 is 11.2. The normalized spacial score (nSPS) is 12.7. The molecular weight excluding hydrogens is 135 g/mol. The van der Waals surface area contributed by atoms with E-state index >= 15 is 0 Å². The van der Waals surface area contributed by atoms with Crippen molar-refractivity contribution in [3.63, 3.8) is 0 Å². The molecule has 0 spiro atoms. The molecule has 3 heteroatoms. The van der Waals surface area contributed by atoms with Gasteiger partial charge < -0.3 is 0 Å². The van der Waals surface area contributed by atoms with E-state index < -0.39 is 5.97 Å². The van der Waals surface area contributed by atoms with Gasteiger partial charge in [0.15, 0.2) is 0 Å². The van der Waals surface area contributed by atoms with Gasteiger partial charge in [0.05, 0.1) is 5.92 Å². The molecule has 0 radical (unpaired) electrons. The van der Waals surface area contributed by atoms with Crippen LogP contribution in [0.4, 0.5) is 4.53 Å². The van der Waals surface area contributed by atoms with Crippen LogP contribution in [0, 0.1) is 5.92 Å². The van der Waals surface area contributed by atoms with Crippen molar-refractivity contribution in [1.82, 2.24) is 0 Å². The van der Waals surface area contributed by atoms with Crippen LogP contribution < -0.4 is 0 Å². The Morgan fingerprint density at radius 2 is 2.30 bits per heavy atom. The molecule has 0 saturated carbocycles. The Hall–Kier alpha value is -0.600. The van der Waals surface area contributed by atoms with Gasteiger partial charge in [0.1, 0.15) is 0 Å². The lowest BCUT2D eigenvalue weighted by Crippen LogP contribution is -2.10. The highest BCUT2D eigenvalue weighted by Gasteiger charge is 2.13. The zero-order chi connectivity index (χ0) is 7.98. The fraction of sp³-hybridized carbons (Fsp3) is 0.857. The van der Waals surface area contributed by atoms with Gasteiger partial charge in [0.25, 0.3) is 0 Å². The maximum atomic E-state index is 11.2. The van der Waals surface area contributed by atoms with E-state index in [1.165, 1.54) is 0 Å². The van der Waals surface area contributed by atoms with E-state index in [0.717, 1.165) is 12.8 Å². The molecule has 0 rings (SSSR count). The summed E-state index contributed by atoms with van der Waals surface area (Å²) in [5, 5.41) is 0. The SMILES string of the molecule is CCCCC(C)C(=O)OF. The molecule has 0 N–H and O–H groups in total. The molecule has 0 aliphatic rings. The first-order valence-electron chi connectivity index (χ1n) is 3.54. The number of rotatable bonds is 4. The Balaban J connectivity index is 3.41. The number of hydrogen-bond acceptors (Lipinski definition) is 2. The summed E-state index contributed by atoms with van der Waals surface area (Å²) in [6.45, 7) is 3.69. The van der Waals surface area contributed by atoms with Crippen molar-refractivity contribution in [2.45, 2.75) is 33.1 Å². The summed E-state index contributed by atoms with van der Waals surface area (Å²) >= 11 is 0. The lowest BCUT2D eigenvalue weighted by molar-refractivity contribution is -0.188. The maximum Gasteiger partial charge on any atom is 0.351 e. The van der Waals surface area contributed by atoms with Crippen LogP contribution in [0.5, 0.6) is 0 Å². The fourth-order valence-electron chi connectivity index (χ4n) is 0.704. The Morgan fingerprint density at radius 3 is 2.70 bits per heavy atom. The van der Waals surface area contributed by atoms with Crippen LogP contribution in [0.15, 0.2) is 0 Å². The van der Waals surface area contributed by atoms with Gasteiger partial charge in [-0.1, -0.05) is 26.7 Å². The number of halogens is 1. The second-order valence-corrected chi connectivity index (χ2v) is 2.44. The van der Waals surface area contributed by atoms with E-state index in [9.17, 15) is 9.32 Å². The highest BCUT2D eigenvalue weighted by molar-refractivity contribution is 5.71. The van der Waals surface area contributed by atoms with Crippen LogP contribution in [0.1, 0.15) is 33.1 Å². The molecule has 1 unspecified atom stereocenters. The molecule has 0 heterocycles. The Morgan fingerprint density at radius 1 is 1.70 bits per heavy atom. The van der Waals surface area contributed by atoms with Crippen molar-refractivity contribution in [1.29, 1.82) is 0 Å². The van der Waals surface area contributed by atoms with E-state index in [4.69, 9.17) is 0 Å². The summed E-state index contributed by atoms with van der Waals surface area (Å²) in [4.78, 5) is 13.5. The van der Waals surface area contributed by atoms with Crippen LogP contribution in [0.2, 0.25) is 0 Å². The van der Waals surface area contributed by atoms with Crippen molar-refractivity contribution in [2.24, 2.45) is 5.92 Å². The quantitative estimate of drug-likeness (QED) is 0.611. The highest BCUT2D eigenvalue weighted by Crippen LogP contribution is 2.08. The maximum absolute atomic E-state index is 11.2. The van der Waals surface area contributed by atoms with Gasteiger partial charge in [-0.3, -0.25) is 4.94 Å². The van der Waals surface area contributed by atoms with Gasteiger partial charge >= 0.3 is 5.97 Å². The molecule has 0 aromatic rings. The molecular formula is C7H13FO2. The first-order valence-corrected chi connectivity index (χ1v) is 3.54. The molecule has 0 aliphatic heterocycles. The monoisotopic (exact) mass is 148 g/mol. The van der Waals surface area contributed by atoms with Crippen LogP contribution in [0.25, 0.3) is 0 Å². The fourth-order valence-corrected chi connectivity index (χ4v) is 0.704. The van der Waals surface area contributed by atoms with E-state index in [1.807, 2.05) is 6.92 Å². The molecule has 2 nitrogen and oxygen atoms in total. The minimum Gasteiger partial charge on any atom is -0.255 e. The van der Waals surface area contributed by atoms with E-state index in [2.05, 4.69) is 4.94 Å². The topological polar surface area (TPSA) is 26.3 Å². The Labute approximate surface area is 60.3 Å². The number of carbonyl (C=O) groups excluding carboxylic acids is 1. The van der Waals surface area contributed by atoms with Crippen LogP contribution in [-0.2, 0) is 9.74 Å².